The highest BCUT2D eigenvalue weighted by Gasteiger charge is 2.25. The summed E-state index contributed by atoms with van der Waals surface area (Å²) in [6.45, 7) is 8.42. The first-order valence-corrected chi connectivity index (χ1v) is 10.7. The lowest BCUT2D eigenvalue weighted by molar-refractivity contribution is -0.118. The summed E-state index contributed by atoms with van der Waals surface area (Å²) in [5.41, 5.74) is 5.93. The molecular formula is C23H34N4O5. The minimum absolute atomic E-state index is 0.00701. The van der Waals surface area contributed by atoms with Gasteiger partial charge in [0.25, 0.3) is 5.56 Å². The first-order valence-electron chi connectivity index (χ1n) is 10.7. The van der Waals surface area contributed by atoms with Crippen LogP contribution in [0.2, 0.25) is 0 Å². The molecule has 1 aromatic heterocycles. The maximum atomic E-state index is 13.2. The zero-order valence-electron chi connectivity index (χ0n) is 19.7. The summed E-state index contributed by atoms with van der Waals surface area (Å²) in [5.74, 6) is 1.17. The van der Waals surface area contributed by atoms with E-state index >= 15 is 0 Å². The third-order valence-electron chi connectivity index (χ3n) is 4.96. The molecular weight excluding hydrogens is 412 g/mol. The summed E-state index contributed by atoms with van der Waals surface area (Å²) in [5, 5.41) is 0. The topological polar surface area (TPSA) is 120 Å². The van der Waals surface area contributed by atoms with Crippen LogP contribution in [0.15, 0.2) is 27.8 Å². The normalized spacial score (nSPS) is 11.1. The molecule has 32 heavy (non-hydrogen) atoms. The molecule has 0 unspecified atom stereocenters. The van der Waals surface area contributed by atoms with Gasteiger partial charge < -0.3 is 20.1 Å². The van der Waals surface area contributed by atoms with Crippen LogP contribution in [0.4, 0.5) is 11.5 Å². The predicted molar refractivity (Wildman–Crippen MR) is 126 cm³/mol. The number of methoxy groups -OCH3 is 2. The highest BCUT2D eigenvalue weighted by Crippen LogP contribution is 2.28. The average Bonchev–Trinajstić information content (AvgIpc) is 2.73. The largest absolute Gasteiger partial charge is 0.493 e. The van der Waals surface area contributed by atoms with Gasteiger partial charge in [-0.25, -0.2) is 4.79 Å². The lowest BCUT2D eigenvalue weighted by Gasteiger charge is -2.26. The molecule has 0 atom stereocenters. The minimum Gasteiger partial charge on any atom is -0.493 e. The zero-order valence-corrected chi connectivity index (χ0v) is 19.7. The van der Waals surface area contributed by atoms with Crippen molar-refractivity contribution in [3.05, 3.63) is 44.6 Å². The fourth-order valence-electron chi connectivity index (χ4n) is 3.49. The van der Waals surface area contributed by atoms with Crippen LogP contribution in [-0.4, -0.2) is 36.2 Å². The molecule has 0 fully saturated rings. The third-order valence-corrected chi connectivity index (χ3v) is 4.96. The lowest BCUT2D eigenvalue weighted by Crippen LogP contribution is -2.43. The van der Waals surface area contributed by atoms with E-state index in [9.17, 15) is 14.4 Å². The smallest absolute Gasteiger partial charge is 0.330 e. The number of ether oxygens (including phenoxy) is 2. The number of hydrogen-bond acceptors (Lipinski definition) is 6. The summed E-state index contributed by atoms with van der Waals surface area (Å²) >= 11 is 0. The van der Waals surface area contributed by atoms with Gasteiger partial charge in [-0.3, -0.25) is 19.1 Å². The standard InChI is InChI=1S/C23H34N4O5/c1-14(2)12-26(20-21(24)27(13-15(3)4)23(30)25-22(20)29)19(28)10-8-16-7-9-17(31-5)18(11-16)32-6/h7,9,11,14-15H,8,10,12-13,24H2,1-6H3,(H,25,29,30). The fourth-order valence-corrected chi connectivity index (χ4v) is 3.49. The Balaban J connectivity index is 2.37. The van der Waals surface area contributed by atoms with Crippen molar-refractivity contribution in [2.24, 2.45) is 11.8 Å². The van der Waals surface area contributed by atoms with Gasteiger partial charge in [0.2, 0.25) is 5.91 Å². The Hall–Kier alpha value is -3.23. The Morgan fingerprint density at radius 2 is 1.75 bits per heavy atom. The van der Waals surface area contributed by atoms with Gasteiger partial charge in [0.15, 0.2) is 17.2 Å². The number of benzene rings is 1. The number of carbonyl (C=O) groups is 1. The van der Waals surface area contributed by atoms with E-state index in [4.69, 9.17) is 15.2 Å². The number of aromatic nitrogens is 2. The highest BCUT2D eigenvalue weighted by atomic mass is 16.5. The molecule has 1 aromatic carbocycles. The van der Waals surface area contributed by atoms with Gasteiger partial charge in [-0.1, -0.05) is 33.8 Å². The minimum atomic E-state index is -0.660. The molecule has 9 heteroatoms. The van der Waals surface area contributed by atoms with Crippen molar-refractivity contribution in [2.75, 3.05) is 31.4 Å². The van der Waals surface area contributed by atoms with Crippen molar-refractivity contribution in [1.82, 2.24) is 9.55 Å². The zero-order chi connectivity index (χ0) is 24.0. The first-order chi connectivity index (χ1) is 15.1. The molecule has 0 aliphatic rings. The number of nitrogens with two attached hydrogens (primary N) is 1. The van der Waals surface area contributed by atoms with Crippen LogP contribution < -0.4 is 31.4 Å². The molecule has 0 aliphatic carbocycles. The van der Waals surface area contributed by atoms with Gasteiger partial charge in [0.1, 0.15) is 5.82 Å². The number of nitrogens with zero attached hydrogens (tertiary/aromatic N) is 2. The van der Waals surface area contributed by atoms with E-state index in [1.165, 1.54) is 9.47 Å². The second-order valence-corrected chi connectivity index (χ2v) is 8.59. The first kappa shape index (κ1) is 25.0. The number of hydrogen-bond donors (Lipinski definition) is 2. The summed E-state index contributed by atoms with van der Waals surface area (Å²) in [7, 11) is 3.11. The molecule has 0 saturated carbocycles. The molecule has 2 aromatic rings. The summed E-state index contributed by atoms with van der Waals surface area (Å²) in [6.07, 6.45) is 0.599. The Bertz CT molecular complexity index is 1060. The molecule has 0 aliphatic heterocycles. The summed E-state index contributed by atoms with van der Waals surface area (Å²) in [6, 6.07) is 5.48. The maximum Gasteiger partial charge on any atom is 0.330 e. The van der Waals surface area contributed by atoms with E-state index in [1.54, 1.807) is 20.3 Å². The quantitative estimate of drug-likeness (QED) is 0.578. The van der Waals surface area contributed by atoms with E-state index in [0.29, 0.717) is 31.0 Å². The van der Waals surface area contributed by atoms with Crippen molar-refractivity contribution in [3.8, 4) is 11.5 Å². The Kier molecular flexibility index (Phi) is 8.51. The Morgan fingerprint density at radius 1 is 1.09 bits per heavy atom. The van der Waals surface area contributed by atoms with E-state index in [-0.39, 0.29) is 35.7 Å². The maximum absolute atomic E-state index is 13.2. The van der Waals surface area contributed by atoms with E-state index in [1.807, 2.05) is 39.8 Å². The fraction of sp³-hybridized carbons (Fsp3) is 0.522. The Labute approximate surface area is 188 Å². The van der Waals surface area contributed by atoms with Crippen LogP contribution in [0.3, 0.4) is 0 Å². The van der Waals surface area contributed by atoms with Crippen molar-refractivity contribution in [1.29, 1.82) is 0 Å². The second kappa shape index (κ2) is 10.9. The molecule has 0 saturated heterocycles. The number of rotatable bonds is 10. The summed E-state index contributed by atoms with van der Waals surface area (Å²) in [4.78, 5) is 41.9. The molecule has 0 spiro atoms. The molecule has 0 radical (unpaired) electrons. The van der Waals surface area contributed by atoms with Gasteiger partial charge in [0, 0.05) is 19.5 Å². The van der Waals surface area contributed by atoms with Gasteiger partial charge in [0.05, 0.1) is 14.2 Å². The summed E-state index contributed by atoms with van der Waals surface area (Å²) < 4.78 is 11.9. The van der Waals surface area contributed by atoms with E-state index in [2.05, 4.69) is 4.98 Å². The number of anilines is 2. The molecule has 9 nitrogen and oxygen atoms in total. The van der Waals surface area contributed by atoms with Gasteiger partial charge in [-0.15, -0.1) is 0 Å². The van der Waals surface area contributed by atoms with Crippen molar-refractivity contribution in [2.45, 2.75) is 47.1 Å². The Morgan fingerprint density at radius 3 is 2.31 bits per heavy atom. The van der Waals surface area contributed by atoms with Crippen molar-refractivity contribution >= 4 is 17.4 Å². The average molecular weight is 447 g/mol. The molecule has 1 heterocycles. The molecule has 1 amide bonds. The van der Waals surface area contributed by atoms with E-state index < -0.39 is 11.2 Å². The third kappa shape index (κ3) is 5.93. The number of aromatic amines is 1. The molecule has 176 valence electrons. The predicted octanol–water partition coefficient (Wildman–Crippen LogP) is 2.41. The number of aryl methyl sites for hydroxylation is 1. The van der Waals surface area contributed by atoms with Gasteiger partial charge >= 0.3 is 5.69 Å². The number of H-pyrrole nitrogens is 1. The van der Waals surface area contributed by atoms with Crippen LogP contribution in [-0.2, 0) is 17.8 Å². The molecule has 0 bridgehead atoms. The molecule has 3 N–H and O–H groups in total. The SMILES string of the molecule is COc1ccc(CCC(=O)N(CC(C)C)c2c(N)n(CC(C)C)c(=O)[nH]c2=O)cc1OC. The number of amides is 1. The second-order valence-electron chi connectivity index (χ2n) is 8.59. The van der Waals surface area contributed by atoms with Crippen LogP contribution in [0.5, 0.6) is 11.5 Å². The number of nitrogen functional groups attached to an aromatic ring is 1. The van der Waals surface area contributed by atoms with E-state index in [0.717, 1.165) is 5.56 Å². The van der Waals surface area contributed by atoms with Crippen molar-refractivity contribution < 1.29 is 14.3 Å². The van der Waals surface area contributed by atoms with Crippen LogP contribution >= 0.6 is 0 Å². The monoisotopic (exact) mass is 446 g/mol. The number of carbonyl (C=O) groups excluding carboxylic acids is 1. The highest BCUT2D eigenvalue weighted by molar-refractivity contribution is 5.95. The van der Waals surface area contributed by atoms with Gasteiger partial charge in [-0.05, 0) is 36.0 Å². The van der Waals surface area contributed by atoms with Gasteiger partial charge in [-0.2, -0.15) is 0 Å². The number of nitrogens with one attached hydrogen (secondary N) is 1. The van der Waals surface area contributed by atoms with Crippen LogP contribution in [0.1, 0.15) is 39.7 Å². The lowest BCUT2D eigenvalue weighted by atomic mass is 10.1. The van der Waals surface area contributed by atoms with Crippen molar-refractivity contribution in [3.63, 3.8) is 0 Å². The molecule has 2 rings (SSSR count). The van der Waals surface area contributed by atoms with Crippen LogP contribution in [0, 0.1) is 11.8 Å². The van der Waals surface area contributed by atoms with Crippen LogP contribution in [0.25, 0.3) is 0 Å².